The summed E-state index contributed by atoms with van der Waals surface area (Å²) in [6.45, 7) is 4.25. The van der Waals surface area contributed by atoms with Crippen LogP contribution in [0.4, 0.5) is 13.2 Å². The molecule has 1 atom stereocenters. The number of benzene rings is 2. The van der Waals surface area contributed by atoms with Gasteiger partial charge in [0, 0.05) is 16.6 Å². The Hall–Kier alpha value is -1.42. The van der Waals surface area contributed by atoms with Crippen LogP contribution in [0.2, 0.25) is 0 Å². The van der Waals surface area contributed by atoms with E-state index in [4.69, 9.17) is 0 Å². The van der Waals surface area contributed by atoms with Crippen LogP contribution in [0.25, 0.3) is 0 Å². The van der Waals surface area contributed by atoms with E-state index >= 15 is 0 Å². The first kappa shape index (κ1) is 15.5. The van der Waals surface area contributed by atoms with E-state index in [1.165, 1.54) is 22.6 Å². The molecular weight excluding hydrogens is 305 g/mol. The van der Waals surface area contributed by atoms with E-state index in [2.05, 4.69) is 26.0 Å². The highest BCUT2D eigenvalue weighted by Gasteiger charge is 2.33. The van der Waals surface area contributed by atoms with Crippen molar-refractivity contribution >= 4 is 11.8 Å². The molecule has 0 aliphatic carbocycles. The van der Waals surface area contributed by atoms with Gasteiger partial charge in [0.2, 0.25) is 0 Å². The van der Waals surface area contributed by atoms with Crippen molar-refractivity contribution in [2.75, 3.05) is 0 Å². The quantitative estimate of drug-likeness (QED) is 0.611. The Bertz CT molecular complexity index is 689. The molecule has 0 fully saturated rings. The van der Waals surface area contributed by atoms with Crippen LogP contribution in [0, 0.1) is 5.92 Å². The Labute approximate surface area is 132 Å². The van der Waals surface area contributed by atoms with Gasteiger partial charge in [-0.2, -0.15) is 13.2 Å². The van der Waals surface area contributed by atoms with Gasteiger partial charge in [0.15, 0.2) is 0 Å². The number of alkyl halides is 3. The summed E-state index contributed by atoms with van der Waals surface area (Å²) in [6.07, 6.45) is -4.29. The van der Waals surface area contributed by atoms with Crippen molar-refractivity contribution in [2.45, 2.75) is 36.6 Å². The number of fused-ring (bicyclic) bond motifs is 2. The molecule has 0 amide bonds. The molecule has 1 aliphatic heterocycles. The molecule has 3 rings (SSSR count). The first-order valence-electron chi connectivity index (χ1n) is 7.29. The van der Waals surface area contributed by atoms with E-state index in [0.29, 0.717) is 11.7 Å². The zero-order valence-electron chi connectivity index (χ0n) is 12.4. The number of hydrogen-bond donors (Lipinski definition) is 0. The summed E-state index contributed by atoms with van der Waals surface area (Å²) in [5, 5.41) is 0. The van der Waals surface area contributed by atoms with Crippen molar-refractivity contribution in [3.63, 3.8) is 0 Å². The maximum Gasteiger partial charge on any atom is 0.416 e. The van der Waals surface area contributed by atoms with Gasteiger partial charge in [0.25, 0.3) is 0 Å². The highest BCUT2D eigenvalue weighted by atomic mass is 32.2. The summed E-state index contributed by atoms with van der Waals surface area (Å²) in [4.78, 5) is 1.17. The lowest BCUT2D eigenvalue weighted by Gasteiger charge is -2.24. The fraction of sp³-hybridized carbons (Fsp3) is 0.333. The molecular formula is C18H17F3S. The fourth-order valence-electron chi connectivity index (χ4n) is 3.12. The summed E-state index contributed by atoms with van der Waals surface area (Å²) < 4.78 is 38.9. The van der Waals surface area contributed by atoms with E-state index in [0.717, 1.165) is 11.1 Å². The van der Waals surface area contributed by atoms with Gasteiger partial charge in [0.1, 0.15) is 0 Å². The molecule has 1 unspecified atom stereocenters. The second kappa shape index (κ2) is 5.65. The molecule has 0 nitrogen and oxygen atoms in total. The second-order valence-corrected chi connectivity index (χ2v) is 6.98. The summed E-state index contributed by atoms with van der Waals surface area (Å²) in [5.41, 5.74) is 2.50. The predicted molar refractivity (Wildman–Crippen MR) is 84.1 cm³/mol. The number of rotatable bonds is 1. The SMILES string of the molecule is CC(C)C1c2ccc(C(F)(F)F)cc2CSc2ccccc21. The van der Waals surface area contributed by atoms with Gasteiger partial charge in [-0.25, -0.2) is 0 Å². The molecule has 0 N–H and O–H groups in total. The monoisotopic (exact) mass is 322 g/mol. The smallest absolute Gasteiger partial charge is 0.166 e. The molecule has 0 spiro atoms. The Morgan fingerprint density at radius 1 is 1.05 bits per heavy atom. The van der Waals surface area contributed by atoms with Crippen molar-refractivity contribution < 1.29 is 13.2 Å². The van der Waals surface area contributed by atoms with Crippen LogP contribution in [0.3, 0.4) is 0 Å². The minimum absolute atomic E-state index is 0.142. The Kier molecular flexibility index (Phi) is 3.98. The van der Waals surface area contributed by atoms with E-state index in [1.54, 1.807) is 17.8 Å². The highest BCUT2D eigenvalue weighted by molar-refractivity contribution is 7.98. The van der Waals surface area contributed by atoms with Gasteiger partial charge >= 0.3 is 6.18 Å². The molecule has 2 aromatic rings. The average molecular weight is 322 g/mol. The Morgan fingerprint density at radius 2 is 1.77 bits per heavy atom. The van der Waals surface area contributed by atoms with E-state index in [9.17, 15) is 13.2 Å². The van der Waals surface area contributed by atoms with Gasteiger partial charge in [-0.3, -0.25) is 0 Å². The van der Waals surface area contributed by atoms with E-state index in [1.807, 2.05) is 12.1 Å². The maximum absolute atomic E-state index is 13.0. The van der Waals surface area contributed by atoms with Crippen LogP contribution < -0.4 is 0 Å². The topological polar surface area (TPSA) is 0 Å². The van der Waals surface area contributed by atoms with Crippen LogP contribution in [-0.4, -0.2) is 0 Å². The number of thioether (sulfide) groups is 1. The van der Waals surface area contributed by atoms with Crippen LogP contribution in [0.15, 0.2) is 47.4 Å². The van der Waals surface area contributed by atoms with Crippen LogP contribution in [0.1, 0.15) is 42.0 Å². The van der Waals surface area contributed by atoms with Crippen LogP contribution >= 0.6 is 11.8 Å². The summed E-state index contributed by atoms with van der Waals surface area (Å²) in [7, 11) is 0. The fourth-order valence-corrected chi connectivity index (χ4v) is 4.22. The van der Waals surface area contributed by atoms with Gasteiger partial charge in [-0.05, 0) is 40.8 Å². The predicted octanol–water partition coefficient (Wildman–Crippen LogP) is 6.10. The normalized spacial score (nSPS) is 17.8. The summed E-state index contributed by atoms with van der Waals surface area (Å²) in [6, 6.07) is 12.4. The van der Waals surface area contributed by atoms with Crippen LogP contribution in [-0.2, 0) is 11.9 Å². The number of halogens is 3. The second-order valence-electron chi connectivity index (χ2n) is 5.96. The van der Waals surface area contributed by atoms with Gasteiger partial charge in [-0.15, -0.1) is 11.8 Å². The van der Waals surface area contributed by atoms with Gasteiger partial charge < -0.3 is 0 Å². The third kappa shape index (κ3) is 2.76. The molecule has 0 saturated heterocycles. The van der Waals surface area contributed by atoms with E-state index < -0.39 is 11.7 Å². The highest BCUT2D eigenvalue weighted by Crippen LogP contribution is 2.45. The van der Waals surface area contributed by atoms with Crippen molar-refractivity contribution in [1.82, 2.24) is 0 Å². The van der Waals surface area contributed by atoms with Crippen molar-refractivity contribution in [3.8, 4) is 0 Å². The van der Waals surface area contributed by atoms with Gasteiger partial charge in [0.05, 0.1) is 5.56 Å². The third-order valence-corrected chi connectivity index (χ3v) is 5.25. The lowest BCUT2D eigenvalue weighted by molar-refractivity contribution is -0.137. The zero-order valence-corrected chi connectivity index (χ0v) is 13.3. The molecule has 1 heterocycles. The molecule has 22 heavy (non-hydrogen) atoms. The molecule has 0 saturated carbocycles. The first-order chi connectivity index (χ1) is 10.4. The standard InChI is InChI=1S/C18H17F3S/c1-11(2)17-14-8-7-13(18(19,20)21)9-12(14)10-22-16-6-4-3-5-15(16)17/h3-9,11,17H,10H2,1-2H3. The average Bonchev–Trinajstić information content (AvgIpc) is 2.62. The largest absolute Gasteiger partial charge is 0.416 e. The van der Waals surface area contributed by atoms with Crippen molar-refractivity contribution in [2.24, 2.45) is 5.92 Å². The summed E-state index contributed by atoms with van der Waals surface area (Å²) >= 11 is 1.63. The zero-order chi connectivity index (χ0) is 15.9. The maximum atomic E-state index is 13.0. The summed E-state index contributed by atoms with van der Waals surface area (Å²) in [5.74, 6) is 1.05. The Morgan fingerprint density at radius 3 is 2.45 bits per heavy atom. The van der Waals surface area contributed by atoms with E-state index in [-0.39, 0.29) is 5.92 Å². The number of hydrogen-bond acceptors (Lipinski definition) is 1. The molecule has 0 aromatic heterocycles. The first-order valence-corrected chi connectivity index (χ1v) is 8.28. The molecule has 2 aromatic carbocycles. The van der Waals surface area contributed by atoms with Gasteiger partial charge in [-0.1, -0.05) is 38.1 Å². The lowest BCUT2D eigenvalue weighted by atomic mass is 9.80. The minimum Gasteiger partial charge on any atom is -0.166 e. The molecule has 0 bridgehead atoms. The third-order valence-electron chi connectivity index (χ3n) is 4.11. The van der Waals surface area contributed by atoms with Crippen molar-refractivity contribution in [3.05, 3.63) is 64.7 Å². The molecule has 4 heteroatoms. The lowest BCUT2D eigenvalue weighted by Crippen LogP contribution is -2.12. The van der Waals surface area contributed by atoms with Crippen molar-refractivity contribution in [1.29, 1.82) is 0 Å². The van der Waals surface area contributed by atoms with Crippen LogP contribution in [0.5, 0.6) is 0 Å². The molecule has 116 valence electrons. The Balaban J connectivity index is 2.16. The molecule has 1 aliphatic rings. The molecule has 0 radical (unpaired) electrons. The minimum atomic E-state index is -4.29.